The van der Waals surface area contributed by atoms with E-state index in [4.69, 9.17) is 16.0 Å². The van der Waals surface area contributed by atoms with Crippen LogP contribution < -0.4 is 11.5 Å². The van der Waals surface area contributed by atoms with Gasteiger partial charge in [0.2, 0.25) is 0 Å². The fraction of sp³-hybridized carbons (Fsp3) is 0. The fourth-order valence-corrected chi connectivity index (χ4v) is 1.26. The highest BCUT2D eigenvalue weighted by molar-refractivity contribution is 7.13. The Labute approximate surface area is 71.2 Å². The van der Waals surface area contributed by atoms with Gasteiger partial charge in [0, 0.05) is 5.38 Å². The fourth-order valence-electron chi connectivity index (χ4n) is 0.725. The second kappa shape index (κ2) is 2.45. The monoisotopic (exact) mass is 183 g/mol. The van der Waals surface area contributed by atoms with E-state index < -0.39 is 0 Å². The summed E-state index contributed by atoms with van der Waals surface area (Å²) in [6, 6.07) is 0. The van der Waals surface area contributed by atoms with E-state index in [1.54, 1.807) is 5.38 Å². The highest BCUT2D eigenvalue weighted by atomic mass is 32.1. The molecule has 0 amide bonds. The third-order valence-electron chi connectivity index (χ3n) is 1.18. The Morgan fingerprint density at radius 2 is 2.17 bits per heavy atom. The minimum absolute atomic E-state index is 0.0940. The highest BCUT2D eigenvalue weighted by Crippen LogP contribution is 2.21. The molecule has 0 fully saturated rings. The lowest BCUT2D eigenvalue weighted by molar-refractivity contribution is 0.432. The number of rotatable bonds is 1. The van der Waals surface area contributed by atoms with Crippen LogP contribution in [0.4, 0.5) is 11.1 Å². The van der Waals surface area contributed by atoms with Gasteiger partial charge in [0.1, 0.15) is 5.69 Å². The summed E-state index contributed by atoms with van der Waals surface area (Å²) in [5, 5.41) is 5.60. The summed E-state index contributed by atoms with van der Waals surface area (Å²) in [6.07, 6.45) is 0. The maximum Gasteiger partial charge on any atom is 0.279 e. The van der Waals surface area contributed by atoms with Crippen molar-refractivity contribution in [2.45, 2.75) is 0 Å². The molecule has 62 valence electrons. The number of anilines is 2. The lowest BCUT2D eigenvalue weighted by Gasteiger charge is -1.81. The van der Waals surface area contributed by atoms with E-state index in [1.807, 2.05) is 0 Å². The van der Waals surface area contributed by atoms with Gasteiger partial charge in [-0.05, 0) is 5.16 Å². The van der Waals surface area contributed by atoms with Crippen LogP contribution in [0.2, 0.25) is 0 Å². The van der Waals surface area contributed by atoms with Crippen molar-refractivity contribution in [3.63, 3.8) is 0 Å². The smallest absolute Gasteiger partial charge is 0.279 e. The molecule has 0 unspecified atom stereocenters. The number of aromatic nitrogens is 3. The number of hydrogen-bond acceptors (Lipinski definition) is 7. The van der Waals surface area contributed by atoms with E-state index in [9.17, 15) is 0 Å². The topological polar surface area (TPSA) is 104 Å². The zero-order valence-electron chi connectivity index (χ0n) is 5.89. The minimum Gasteiger partial charge on any atom is -0.375 e. The lowest BCUT2D eigenvalue weighted by Crippen LogP contribution is -1.86. The van der Waals surface area contributed by atoms with Crippen molar-refractivity contribution in [3.05, 3.63) is 5.38 Å². The molecule has 0 bridgehead atoms. The zero-order chi connectivity index (χ0) is 8.55. The van der Waals surface area contributed by atoms with Crippen molar-refractivity contribution in [2.75, 3.05) is 11.5 Å². The first kappa shape index (κ1) is 7.04. The number of nitrogens with zero attached hydrogens (tertiary/aromatic N) is 3. The van der Waals surface area contributed by atoms with E-state index in [-0.39, 0.29) is 5.95 Å². The number of hydrogen-bond donors (Lipinski definition) is 2. The quantitative estimate of drug-likeness (QED) is 0.661. The van der Waals surface area contributed by atoms with E-state index in [2.05, 4.69) is 15.1 Å². The molecule has 0 aliphatic carbocycles. The highest BCUT2D eigenvalue weighted by Gasteiger charge is 2.09. The van der Waals surface area contributed by atoms with E-state index >= 15 is 0 Å². The van der Waals surface area contributed by atoms with E-state index in [0.29, 0.717) is 16.7 Å². The van der Waals surface area contributed by atoms with Gasteiger partial charge >= 0.3 is 0 Å². The third kappa shape index (κ3) is 1.10. The Morgan fingerprint density at radius 1 is 1.33 bits per heavy atom. The van der Waals surface area contributed by atoms with Crippen LogP contribution >= 0.6 is 11.3 Å². The van der Waals surface area contributed by atoms with Crippen LogP contribution in [0.3, 0.4) is 0 Å². The summed E-state index contributed by atoms with van der Waals surface area (Å²) in [5.41, 5.74) is 11.2. The number of nitrogens with two attached hydrogens (primary N) is 2. The molecular weight excluding hydrogens is 178 g/mol. The molecule has 12 heavy (non-hydrogen) atoms. The minimum atomic E-state index is 0.0940. The van der Waals surface area contributed by atoms with Gasteiger partial charge in [0.05, 0.1) is 0 Å². The number of thiazole rings is 1. The average molecular weight is 183 g/mol. The molecule has 4 N–H and O–H groups in total. The Hall–Kier alpha value is -1.63. The van der Waals surface area contributed by atoms with Gasteiger partial charge in [-0.1, -0.05) is 0 Å². The van der Waals surface area contributed by atoms with Crippen molar-refractivity contribution in [2.24, 2.45) is 0 Å². The molecule has 0 aliphatic heterocycles. The van der Waals surface area contributed by atoms with Gasteiger partial charge in [-0.2, -0.15) is 4.98 Å². The molecule has 0 saturated carbocycles. The summed E-state index contributed by atoms with van der Waals surface area (Å²) in [6.45, 7) is 0. The van der Waals surface area contributed by atoms with Crippen molar-refractivity contribution >= 4 is 22.4 Å². The van der Waals surface area contributed by atoms with Gasteiger partial charge in [-0.15, -0.1) is 11.3 Å². The van der Waals surface area contributed by atoms with Gasteiger partial charge < -0.3 is 16.0 Å². The standard InChI is InChI=1S/C5H5N5OS/c6-4-9-3(11-10-4)2-1-12-5(7)8-2/h1H,(H2,6,10)(H2,7,8). The molecule has 2 heterocycles. The molecular formula is C5H5N5OS. The van der Waals surface area contributed by atoms with Crippen molar-refractivity contribution < 1.29 is 4.52 Å². The molecule has 2 aromatic heterocycles. The molecule has 0 aliphatic rings. The van der Waals surface area contributed by atoms with Gasteiger partial charge in [0.15, 0.2) is 5.13 Å². The first-order valence-electron chi connectivity index (χ1n) is 3.06. The predicted octanol–water partition coefficient (Wildman–Crippen LogP) is 0.358. The summed E-state index contributed by atoms with van der Waals surface area (Å²) < 4.78 is 4.77. The van der Waals surface area contributed by atoms with E-state index in [0.717, 1.165) is 0 Å². The first-order valence-corrected chi connectivity index (χ1v) is 3.94. The van der Waals surface area contributed by atoms with Crippen LogP contribution in [0.5, 0.6) is 0 Å². The number of nitrogen functional groups attached to an aromatic ring is 2. The second-order valence-electron chi connectivity index (χ2n) is 2.03. The van der Waals surface area contributed by atoms with Crippen LogP contribution in [0.15, 0.2) is 9.90 Å². The Kier molecular flexibility index (Phi) is 1.44. The van der Waals surface area contributed by atoms with Crippen LogP contribution in [0, 0.1) is 0 Å². The lowest BCUT2D eigenvalue weighted by atomic mass is 10.5. The average Bonchev–Trinajstić information content (AvgIpc) is 2.58. The molecule has 0 saturated heterocycles. The van der Waals surface area contributed by atoms with Crippen molar-refractivity contribution in [3.8, 4) is 11.6 Å². The maximum atomic E-state index is 5.41. The molecule has 0 atom stereocenters. The molecule has 0 aromatic carbocycles. The largest absolute Gasteiger partial charge is 0.375 e. The first-order chi connectivity index (χ1) is 5.75. The summed E-state index contributed by atoms with van der Waals surface area (Å²) >= 11 is 1.31. The van der Waals surface area contributed by atoms with Crippen LogP contribution in [0.1, 0.15) is 0 Å². The SMILES string of the molecule is Nc1noc(-c2csc(N)n2)n1. The second-order valence-corrected chi connectivity index (χ2v) is 2.92. The van der Waals surface area contributed by atoms with Crippen LogP contribution in [-0.2, 0) is 0 Å². The summed E-state index contributed by atoms with van der Waals surface area (Å²) in [7, 11) is 0. The zero-order valence-corrected chi connectivity index (χ0v) is 6.71. The Morgan fingerprint density at radius 3 is 2.67 bits per heavy atom. The Balaban J connectivity index is 2.43. The molecule has 6 nitrogen and oxygen atoms in total. The molecule has 0 radical (unpaired) electrons. The molecule has 7 heteroatoms. The summed E-state index contributed by atoms with van der Waals surface area (Å²) in [5.74, 6) is 0.386. The predicted molar refractivity (Wildman–Crippen MR) is 44.2 cm³/mol. The third-order valence-corrected chi connectivity index (χ3v) is 1.86. The van der Waals surface area contributed by atoms with Crippen LogP contribution in [0.25, 0.3) is 11.6 Å². The van der Waals surface area contributed by atoms with Crippen LogP contribution in [-0.4, -0.2) is 15.1 Å². The Bertz CT molecular complexity index is 356. The molecule has 0 spiro atoms. The van der Waals surface area contributed by atoms with Gasteiger partial charge in [-0.3, -0.25) is 0 Å². The van der Waals surface area contributed by atoms with Gasteiger partial charge in [0.25, 0.3) is 11.8 Å². The van der Waals surface area contributed by atoms with Crippen molar-refractivity contribution in [1.29, 1.82) is 0 Å². The van der Waals surface area contributed by atoms with Crippen molar-refractivity contribution in [1.82, 2.24) is 15.1 Å². The normalized spacial score (nSPS) is 10.3. The van der Waals surface area contributed by atoms with E-state index in [1.165, 1.54) is 11.3 Å². The maximum absolute atomic E-state index is 5.41. The van der Waals surface area contributed by atoms with Gasteiger partial charge in [-0.25, -0.2) is 4.98 Å². The molecule has 2 rings (SSSR count). The summed E-state index contributed by atoms with van der Waals surface area (Å²) in [4.78, 5) is 7.72. The molecule has 2 aromatic rings.